The van der Waals surface area contributed by atoms with Crippen LogP contribution in [0.1, 0.15) is 64.7 Å². The van der Waals surface area contributed by atoms with E-state index in [1.54, 1.807) is 0 Å². The van der Waals surface area contributed by atoms with E-state index in [-0.39, 0.29) is 17.9 Å². The standard InChI is InChI=1S/C17H28N2O2/c1-13(14-7-3-2-4-8-14)18-12-10-16(20)19-11-6-5-9-15(19)17(18)21/h13-15H,2-12H2,1H3. The monoisotopic (exact) mass is 292 g/mol. The molecule has 2 atom stereocenters. The minimum atomic E-state index is -0.167. The molecule has 2 heterocycles. The van der Waals surface area contributed by atoms with Crippen molar-refractivity contribution < 1.29 is 9.59 Å². The largest absolute Gasteiger partial charge is 0.337 e. The van der Waals surface area contributed by atoms with Crippen LogP contribution in [0.3, 0.4) is 0 Å². The van der Waals surface area contributed by atoms with Gasteiger partial charge in [0.2, 0.25) is 11.8 Å². The second-order valence-corrected chi connectivity index (χ2v) is 7.02. The Morgan fingerprint density at radius 1 is 0.952 bits per heavy atom. The maximum atomic E-state index is 12.9. The van der Waals surface area contributed by atoms with Crippen molar-refractivity contribution in [1.29, 1.82) is 0 Å². The zero-order valence-electron chi connectivity index (χ0n) is 13.2. The summed E-state index contributed by atoms with van der Waals surface area (Å²) in [5.41, 5.74) is 0. The first-order valence-electron chi connectivity index (χ1n) is 8.78. The maximum absolute atomic E-state index is 12.9. The molecule has 3 rings (SSSR count). The Morgan fingerprint density at radius 2 is 1.67 bits per heavy atom. The second kappa shape index (κ2) is 6.37. The Bertz CT molecular complexity index is 404. The summed E-state index contributed by atoms with van der Waals surface area (Å²) < 4.78 is 0. The summed E-state index contributed by atoms with van der Waals surface area (Å²) in [4.78, 5) is 29.1. The van der Waals surface area contributed by atoms with Gasteiger partial charge < -0.3 is 9.80 Å². The number of rotatable bonds is 2. The second-order valence-electron chi connectivity index (χ2n) is 7.02. The average molecular weight is 292 g/mol. The lowest BCUT2D eigenvalue weighted by atomic mass is 9.83. The molecule has 21 heavy (non-hydrogen) atoms. The number of hydrogen-bond donors (Lipinski definition) is 0. The van der Waals surface area contributed by atoms with Gasteiger partial charge in [0.25, 0.3) is 0 Å². The van der Waals surface area contributed by atoms with Crippen LogP contribution in [0, 0.1) is 5.92 Å². The fourth-order valence-corrected chi connectivity index (χ4v) is 4.42. The molecule has 2 aliphatic heterocycles. The normalized spacial score (nSPS) is 30.0. The van der Waals surface area contributed by atoms with Crippen molar-refractivity contribution in [3.05, 3.63) is 0 Å². The van der Waals surface area contributed by atoms with Gasteiger partial charge in [-0.1, -0.05) is 19.3 Å². The minimum Gasteiger partial charge on any atom is -0.337 e. The van der Waals surface area contributed by atoms with Gasteiger partial charge in [-0.2, -0.15) is 0 Å². The smallest absolute Gasteiger partial charge is 0.245 e. The molecule has 0 aromatic rings. The summed E-state index contributed by atoms with van der Waals surface area (Å²) in [5, 5.41) is 0. The van der Waals surface area contributed by atoms with Crippen molar-refractivity contribution >= 4 is 11.8 Å². The topological polar surface area (TPSA) is 40.6 Å². The van der Waals surface area contributed by atoms with Crippen LogP contribution < -0.4 is 0 Å². The lowest BCUT2D eigenvalue weighted by molar-refractivity contribution is -0.144. The van der Waals surface area contributed by atoms with Crippen molar-refractivity contribution in [2.75, 3.05) is 13.1 Å². The lowest BCUT2D eigenvalue weighted by Crippen LogP contribution is -2.52. The molecule has 2 unspecified atom stereocenters. The van der Waals surface area contributed by atoms with E-state index < -0.39 is 0 Å². The van der Waals surface area contributed by atoms with Gasteiger partial charge in [0.1, 0.15) is 6.04 Å². The van der Waals surface area contributed by atoms with Gasteiger partial charge in [-0.25, -0.2) is 0 Å². The third-order valence-electron chi connectivity index (χ3n) is 5.78. The van der Waals surface area contributed by atoms with E-state index in [1.165, 1.54) is 32.1 Å². The molecule has 1 aliphatic carbocycles. The molecule has 2 amide bonds. The molecule has 0 spiro atoms. The van der Waals surface area contributed by atoms with Crippen LogP contribution in [0.5, 0.6) is 0 Å². The zero-order valence-corrected chi connectivity index (χ0v) is 13.2. The Hall–Kier alpha value is -1.06. The van der Waals surface area contributed by atoms with Gasteiger partial charge >= 0.3 is 0 Å². The summed E-state index contributed by atoms with van der Waals surface area (Å²) in [6, 6.07) is 0.132. The summed E-state index contributed by atoms with van der Waals surface area (Å²) in [6.45, 7) is 3.61. The highest BCUT2D eigenvalue weighted by molar-refractivity contribution is 5.90. The molecule has 0 aromatic heterocycles. The van der Waals surface area contributed by atoms with Crippen molar-refractivity contribution in [3.63, 3.8) is 0 Å². The van der Waals surface area contributed by atoms with Gasteiger partial charge in [-0.05, 0) is 44.9 Å². The maximum Gasteiger partial charge on any atom is 0.245 e. The number of nitrogens with zero attached hydrogens (tertiary/aromatic N) is 2. The fourth-order valence-electron chi connectivity index (χ4n) is 4.42. The Labute approximate surface area is 127 Å². The summed E-state index contributed by atoms with van der Waals surface area (Å²) >= 11 is 0. The minimum absolute atomic E-state index is 0.167. The van der Waals surface area contributed by atoms with Crippen molar-refractivity contribution in [3.8, 4) is 0 Å². The van der Waals surface area contributed by atoms with E-state index >= 15 is 0 Å². The highest BCUT2D eigenvalue weighted by atomic mass is 16.2. The highest BCUT2D eigenvalue weighted by Gasteiger charge is 2.40. The highest BCUT2D eigenvalue weighted by Crippen LogP contribution is 2.31. The number of carbonyl (C=O) groups is 2. The molecule has 118 valence electrons. The van der Waals surface area contributed by atoms with Crippen molar-refractivity contribution in [2.45, 2.75) is 76.8 Å². The first kappa shape index (κ1) is 14.9. The molecule has 0 aromatic carbocycles. The fraction of sp³-hybridized carbons (Fsp3) is 0.882. The summed E-state index contributed by atoms with van der Waals surface area (Å²) in [7, 11) is 0. The number of fused-ring (bicyclic) bond motifs is 1. The van der Waals surface area contributed by atoms with Gasteiger partial charge in [0.15, 0.2) is 0 Å². The van der Waals surface area contributed by atoms with Crippen LogP contribution in [-0.4, -0.2) is 46.8 Å². The Balaban J connectivity index is 1.75. The van der Waals surface area contributed by atoms with Gasteiger partial charge in [0.05, 0.1) is 0 Å². The molecule has 0 N–H and O–H groups in total. The predicted octanol–water partition coefficient (Wildman–Crippen LogP) is 2.57. The van der Waals surface area contributed by atoms with Crippen LogP contribution in [0.15, 0.2) is 0 Å². The SMILES string of the molecule is CC(C1CCCCC1)N1CCC(=O)N2CCCCC2C1=O. The van der Waals surface area contributed by atoms with Crippen molar-refractivity contribution in [1.82, 2.24) is 9.80 Å². The van der Waals surface area contributed by atoms with E-state index in [2.05, 4.69) is 6.92 Å². The molecular weight excluding hydrogens is 264 g/mol. The van der Waals surface area contributed by atoms with Crippen LogP contribution >= 0.6 is 0 Å². The number of piperidine rings is 1. The van der Waals surface area contributed by atoms with Crippen molar-refractivity contribution in [2.24, 2.45) is 5.92 Å². The van der Waals surface area contributed by atoms with E-state index in [1.807, 2.05) is 9.80 Å². The van der Waals surface area contributed by atoms with Crippen LogP contribution in [0.2, 0.25) is 0 Å². The van der Waals surface area contributed by atoms with E-state index in [4.69, 9.17) is 0 Å². The number of hydrogen-bond acceptors (Lipinski definition) is 2. The lowest BCUT2D eigenvalue weighted by Gasteiger charge is -2.39. The first-order chi connectivity index (χ1) is 10.2. The molecular formula is C17H28N2O2. The van der Waals surface area contributed by atoms with E-state index in [0.717, 1.165) is 25.8 Å². The molecule has 2 saturated heterocycles. The summed E-state index contributed by atoms with van der Waals surface area (Å²) in [5.74, 6) is 1.04. The van der Waals surface area contributed by atoms with Gasteiger partial charge in [-0.3, -0.25) is 9.59 Å². The molecule has 0 bridgehead atoms. The third-order valence-corrected chi connectivity index (χ3v) is 5.78. The molecule has 0 radical (unpaired) electrons. The Kier molecular flexibility index (Phi) is 4.51. The summed E-state index contributed by atoms with van der Waals surface area (Å²) in [6.07, 6.45) is 9.92. The average Bonchev–Trinajstić information content (AvgIpc) is 2.66. The molecule has 3 fully saturated rings. The Morgan fingerprint density at radius 3 is 2.43 bits per heavy atom. The molecule has 4 heteroatoms. The quantitative estimate of drug-likeness (QED) is 0.785. The van der Waals surface area contributed by atoms with Crippen LogP contribution in [0.25, 0.3) is 0 Å². The van der Waals surface area contributed by atoms with E-state index in [0.29, 0.717) is 24.9 Å². The zero-order chi connectivity index (χ0) is 14.8. The van der Waals surface area contributed by atoms with Gasteiger partial charge in [0, 0.05) is 25.6 Å². The van der Waals surface area contributed by atoms with E-state index in [9.17, 15) is 9.59 Å². The number of carbonyl (C=O) groups excluding carboxylic acids is 2. The molecule has 4 nitrogen and oxygen atoms in total. The first-order valence-corrected chi connectivity index (χ1v) is 8.78. The third kappa shape index (κ3) is 2.95. The predicted molar refractivity (Wildman–Crippen MR) is 81.7 cm³/mol. The molecule has 3 aliphatic rings. The van der Waals surface area contributed by atoms with Crippen LogP contribution in [-0.2, 0) is 9.59 Å². The molecule has 1 saturated carbocycles. The number of amides is 2. The van der Waals surface area contributed by atoms with Gasteiger partial charge in [-0.15, -0.1) is 0 Å². The van der Waals surface area contributed by atoms with Crippen LogP contribution in [0.4, 0.5) is 0 Å².